The number of aryl methyl sites for hydroxylation is 1. The molecule has 0 aliphatic carbocycles. The molecule has 0 saturated heterocycles. The molecule has 0 bridgehead atoms. The minimum absolute atomic E-state index is 0.0319. The van der Waals surface area contributed by atoms with Gasteiger partial charge in [-0.1, -0.05) is 48.5 Å². The molecule has 0 aliphatic rings. The summed E-state index contributed by atoms with van der Waals surface area (Å²) in [6.45, 7) is 5.26. The van der Waals surface area contributed by atoms with Crippen molar-refractivity contribution >= 4 is 49.3 Å². The third-order valence-electron chi connectivity index (χ3n) is 6.99. The summed E-state index contributed by atoms with van der Waals surface area (Å²) in [5, 5.41) is 28.0. The zero-order chi connectivity index (χ0) is 32.1. The monoisotopic (exact) mass is 621 g/mol. The lowest BCUT2D eigenvalue weighted by Crippen LogP contribution is -2.37. The molecule has 0 saturated carbocycles. The number of aromatic carboxylic acids is 1. The largest absolute Gasteiger partial charge is 0.478 e. The Kier molecular flexibility index (Phi) is 9.85. The van der Waals surface area contributed by atoms with Crippen LogP contribution in [0.3, 0.4) is 0 Å². The van der Waals surface area contributed by atoms with Crippen LogP contribution in [-0.4, -0.2) is 60.1 Å². The number of hydrogen-bond donors (Lipinski definition) is 2. The van der Waals surface area contributed by atoms with Crippen LogP contribution in [-0.2, 0) is 21.2 Å². The number of carbonyl (C=O) groups excluding carboxylic acids is 1. The van der Waals surface area contributed by atoms with Crippen molar-refractivity contribution in [2.24, 2.45) is 0 Å². The van der Waals surface area contributed by atoms with Crippen LogP contribution in [0, 0.1) is 10.1 Å². The van der Waals surface area contributed by atoms with Crippen molar-refractivity contribution in [3.8, 4) is 0 Å². The number of sulfonamides is 1. The molecule has 0 aliphatic heterocycles. The van der Waals surface area contributed by atoms with E-state index in [-0.39, 0.29) is 26.1 Å². The van der Waals surface area contributed by atoms with Crippen molar-refractivity contribution in [3.05, 3.63) is 94.0 Å². The number of benzene rings is 4. The molecule has 2 N–H and O–H groups in total. The third kappa shape index (κ3) is 7.69. The van der Waals surface area contributed by atoms with Crippen molar-refractivity contribution in [1.82, 2.24) is 9.62 Å². The van der Waals surface area contributed by atoms with Crippen molar-refractivity contribution in [2.75, 3.05) is 19.6 Å². The zero-order valence-corrected chi connectivity index (χ0v) is 25.6. The number of amides is 1. The van der Waals surface area contributed by atoms with E-state index in [4.69, 9.17) is 4.74 Å². The molecule has 0 spiro atoms. The van der Waals surface area contributed by atoms with Gasteiger partial charge < -0.3 is 15.2 Å². The number of fused-ring (bicyclic) bond motifs is 2. The molecule has 4 aromatic rings. The summed E-state index contributed by atoms with van der Waals surface area (Å²) in [4.78, 5) is 33.8. The number of ether oxygens (including phenoxy) is 1. The summed E-state index contributed by atoms with van der Waals surface area (Å²) in [7, 11) is -4.43. The highest BCUT2D eigenvalue weighted by atomic mass is 32.2. The third-order valence-corrected chi connectivity index (χ3v) is 8.94. The molecule has 0 aromatic heterocycles. The molecular weight excluding hydrogens is 586 g/mol. The number of hydrogen-bond acceptors (Lipinski definition) is 7. The topological polar surface area (TPSA) is 156 Å². The molecule has 0 radical (unpaired) electrons. The zero-order valence-electron chi connectivity index (χ0n) is 24.8. The predicted molar refractivity (Wildman–Crippen MR) is 167 cm³/mol. The van der Waals surface area contributed by atoms with Crippen LogP contribution in [0.2, 0.25) is 0 Å². The van der Waals surface area contributed by atoms with Crippen LogP contribution in [0.1, 0.15) is 49.5 Å². The molecular formula is C32H35N3O8S. The molecule has 12 heteroatoms. The van der Waals surface area contributed by atoms with Gasteiger partial charge in [-0.05, 0) is 85.3 Å². The summed E-state index contributed by atoms with van der Waals surface area (Å²) in [5.41, 5.74) is -0.848. The van der Waals surface area contributed by atoms with E-state index in [1.54, 1.807) is 20.8 Å². The Morgan fingerprint density at radius 3 is 2.09 bits per heavy atom. The Morgan fingerprint density at radius 2 is 1.52 bits per heavy atom. The number of rotatable bonds is 12. The standard InChI is InChI=1S/C32H35N3O8S/c1-32(2,3)43-31(38)33-17-9-19-34(44(41,42)29-16-15-24(30(36)37)21-28(29)35(39)40)18-8-14-27-25-12-6-4-10-22(25)20-23-11-5-7-13-26(23)27/h4-7,10-13,15-16,20-21H,8-9,14,17-19H2,1-3H3,(H,33,38)(H,36,37). The van der Waals surface area contributed by atoms with Crippen LogP contribution >= 0.6 is 0 Å². The van der Waals surface area contributed by atoms with Gasteiger partial charge in [0.2, 0.25) is 10.0 Å². The molecule has 0 atom stereocenters. The predicted octanol–water partition coefficient (Wildman–Crippen LogP) is 6.14. The number of carbonyl (C=O) groups is 2. The van der Waals surface area contributed by atoms with Crippen LogP contribution in [0.15, 0.2) is 77.7 Å². The van der Waals surface area contributed by atoms with Gasteiger partial charge in [-0.15, -0.1) is 0 Å². The van der Waals surface area contributed by atoms with Crippen LogP contribution in [0.4, 0.5) is 10.5 Å². The second-order valence-electron chi connectivity index (χ2n) is 11.3. The Morgan fingerprint density at radius 1 is 0.932 bits per heavy atom. The Hall–Kier alpha value is -4.55. The highest BCUT2D eigenvalue weighted by Crippen LogP contribution is 2.31. The van der Waals surface area contributed by atoms with E-state index in [2.05, 4.69) is 11.4 Å². The van der Waals surface area contributed by atoms with Gasteiger partial charge in [0.1, 0.15) is 5.60 Å². The molecule has 0 unspecified atom stereocenters. The molecule has 1 amide bonds. The van der Waals surface area contributed by atoms with Gasteiger partial charge in [0.25, 0.3) is 5.69 Å². The first kappa shape index (κ1) is 32.4. The Bertz CT molecular complexity index is 1760. The number of alkyl carbamates (subject to hydrolysis) is 1. The maximum Gasteiger partial charge on any atom is 0.407 e. The lowest BCUT2D eigenvalue weighted by Gasteiger charge is -2.23. The molecule has 4 aromatic carbocycles. The quantitative estimate of drug-likeness (QED) is 0.0827. The smallest absolute Gasteiger partial charge is 0.407 e. The summed E-state index contributed by atoms with van der Waals surface area (Å²) in [5.74, 6) is -1.41. The normalized spacial score (nSPS) is 12.0. The van der Waals surface area contributed by atoms with Crippen molar-refractivity contribution in [1.29, 1.82) is 0 Å². The van der Waals surface area contributed by atoms with Crippen molar-refractivity contribution in [3.63, 3.8) is 0 Å². The van der Waals surface area contributed by atoms with E-state index in [0.29, 0.717) is 12.8 Å². The number of carboxylic acid groups (broad SMARTS) is 1. The van der Waals surface area contributed by atoms with E-state index in [1.807, 2.05) is 48.5 Å². The number of nitro benzene ring substituents is 1. The SMILES string of the molecule is CC(C)(C)OC(=O)NCCCN(CCCc1c2ccccc2cc2ccccc12)S(=O)(=O)c1ccc(C(=O)O)cc1[N+](=O)[O-]. The summed E-state index contributed by atoms with van der Waals surface area (Å²) in [6, 6.07) is 20.8. The maximum atomic E-state index is 13.9. The molecule has 11 nitrogen and oxygen atoms in total. The van der Waals surface area contributed by atoms with E-state index < -0.39 is 48.8 Å². The minimum Gasteiger partial charge on any atom is -0.478 e. The van der Waals surface area contributed by atoms with Gasteiger partial charge >= 0.3 is 12.1 Å². The average Bonchev–Trinajstić information content (AvgIpc) is 2.96. The molecule has 232 valence electrons. The fourth-order valence-corrected chi connectivity index (χ4v) is 6.73. The Balaban J connectivity index is 1.61. The minimum atomic E-state index is -4.43. The maximum absolute atomic E-state index is 13.9. The first-order valence-electron chi connectivity index (χ1n) is 14.2. The van der Waals surface area contributed by atoms with Gasteiger partial charge in [-0.2, -0.15) is 4.31 Å². The summed E-state index contributed by atoms with van der Waals surface area (Å²) >= 11 is 0. The lowest BCUT2D eigenvalue weighted by atomic mass is 9.94. The fourth-order valence-electron chi connectivity index (χ4n) is 5.07. The lowest BCUT2D eigenvalue weighted by molar-refractivity contribution is -0.387. The number of nitrogens with zero attached hydrogens (tertiary/aromatic N) is 2. The van der Waals surface area contributed by atoms with Gasteiger partial charge in [0, 0.05) is 25.7 Å². The van der Waals surface area contributed by atoms with Gasteiger partial charge in [0.05, 0.1) is 10.5 Å². The molecule has 44 heavy (non-hydrogen) atoms. The fraction of sp³-hybridized carbons (Fsp3) is 0.312. The highest BCUT2D eigenvalue weighted by molar-refractivity contribution is 7.89. The summed E-state index contributed by atoms with van der Waals surface area (Å²) in [6.07, 6.45) is 0.494. The van der Waals surface area contributed by atoms with Crippen molar-refractivity contribution < 1.29 is 32.8 Å². The van der Waals surface area contributed by atoms with Crippen LogP contribution in [0.25, 0.3) is 21.5 Å². The van der Waals surface area contributed by atoms with Gasteiger partial charge in [-0.25, -0.2) is 18.0 Å². The van der Waals surface area contributed by atoms with E-state index in [1.165, 1.54) is 0 Å². The second-order valence-corrected chi connectivity index (χ2v) is 13.2. The van der Waals surface area contributed by atoms with E-state index in [0.717, 1.165) is 49.6 Å². The van der Waals surface area contributed by atoms with Crippen LogP contribution < -0.4 is 5.32 Å². The van der Waals surface area contributed by atoms with E-state index >= 15 is 0 Å². The average molecular weight is 622 g/mol. The van der Waals surface area contributed by atoms with Gasteiger partial charge in [0.15, 0.2) is 4.90 Å². The highest BCUT2D eigenvalue weighted by Gasteiger charge is 2.32. The van der Waals surface area contributed by atoms with Crippen molar-refractivity contribution in [2.45, 2.75) is 50.5 Å². The van der Waals surface area contributed by atoms with Gasteiger partial charge in [-0.3, -0.25) is 10.1 Å². The number of nitro groups is 1. The molecule has 0 fully saturated rings. The number of carboxylic acids is 1. The Labute approximate surface area is 255 Å². The van der Waals surface area contributed by atoms with E-state index in [9.17, 15) is 33.2 Å². The first-order valence-corrected chi connectivity index (χ1v) is 15.6. The summed E-state index contributed by atoms with van der Waals surface area (Å²) < 4.78 is 34.2. The second kappa shape index (κ2) is 13.4. The number of nitrogens with one attached hydrogen (secondary N) is 1. The van der Waals surface area contributed by atoms with Crippen LogP contribution in [0.5, 0.6) is 0 Å². The molecule has 0 heterocycles. The molecule has 4 rings (SSSR count). The first-order chi connectivity index (χ1) is 20.8.